The summed E-state index contributed by atoms with van der Waals surface area (Å²) in [4.78, 5) is 21.7. The molecule has 0 atom stereocenters. The van der Waals surface area contributed by atoms with E-state index in [2.05, 4.69) is 66.2 Å². The highest BCUT2D eigenvalue weighted by molar-refractivity contribution is 7.98. The highest BCUT2D eigenvalue weighted by Gasteiger charge is 2.22. The van der Waals surface area contributed by atoms with Gasteiger partial charge in [-0.15, -0.1) is 11.8 Å². The van der Waals surface area contributed by atoms with Gasteiger partial charge in [0.25, 0.3) is 5.91 Å². The lowest BCUT2D eigenvalue weighted by molar-refractivity contribution is -0.377. The molecule has 0 unspecified atom stereocenters. The molecule has 4 nitrogen and oxygen atoms in total. The van der Waals surface area contributed by atoms with Crippen LogP contribution in [0.1, 0.15) is 27.0 Å². The van der Waals surface area contributed by atoms with Crippen LogP contribution in [-0.4, -0.2) is 37.0 Å². The number of aromatic nitrogens is 1. The molecule has 0 radical (unpaired) electrons. The molecule has 2 aromatic carbocycles. The Morgan fingerprint density at radius 2 is 1.73 bits per heavy atom. The zero-order valence-corrected chi connectivity index (χ0v) is 18.4. The van der Waals surface area contributed by atoms with Crippen LogP contribution in [0.2, 0.25) is 0 Å². The molecular weight excluding hydrogens is 390 g/mol. The molecule has 0 spiro atoms. The lowest BCUT2D eigenvalue weighted by Crippen LogP contribution is -2.48. The topological polar surface area (TPSA) is 37.7 Å². The van der Waals surface area contributed by atoms with Gasteiger partial charge in [-0.2, -0.15) is 0 Å². The maximum Gasteiger partial charge on any atom is 0.253 e. The summed E-state index contributed by atoms with van der Waals surface area (Å²) >= 11 is 1.83. The highest BCUT2D eigenvalue weighted by atomic mass is 32.2. The Morgan fingerprint density at radius 3 is 2.47 bits per heavy atom. The van der Waals surface area contributed by atoms with Gasteiger partial charge in [0.1, 0.15) is 0 Å². The van der Waals surface area contributed by atoms with Crippen LogP contribution < -0.4 is 9.88 Å². The second-order valence-electron chi connectivity index (χ2n) is 7.80. The van der Waals surface area contributed by atoms with Crippen molar-refractivity contribution in [3.8, 4) is 0 Å². The van der Waals surface area contributed by atoms with E-state index in [0.717, 1.165) is 37.5 Å². The SMILES string of the molecule is Cc1ccc(SCc2cccc(C(=O)N3CCN(c4cc[nH+]cc4)CC3)c2)c(C)c1. The fourth-order valence-electron chi connectivity index (χ4n) is 3.86. The van der Waals surface area contributed by atoms with Crippen LogP contribution in [0.3, 0.4) is 0 Å². The number of amides is 1. The van der Waals surface area contributed by atoms with Crippen molar-refractivity contribution >= 4 is 23.4 Å². The van der Waals surface area contributed by atoms with E-state index in [4.69, 9.17) is 0 Å². The van der Waals surface area contributed by atoms with Gasteiger partial charge >= 0.3 is 0 Å². The molecule has 1 aliphatic rings. The maximum atomic E-state index is 13.1. The molecule has 1 saturated heterocycles. The monoisotopic (exact) mass is 418 g/mol. The third kappa shape index (κ3) is 4.85. The molecule has 3 aromatic rings. The van der Waals surface area contributed by atoms with Crippen LogP contribution in [0.25, 0.3) is 0 Å². The van der Waals surface area contributed by atoms with Gasteiger partial charge in [0, 0.05) is 60.2 Å². The van der Waals surface area contributed by atoms with Gasteiger partial charge < -0.3 is 9.80 Å². The van der Waals surface area contributed by atoms with Crippen molar-refractivity contribution in [2.24, 2.45) is 0 Å². The number of anilines is 1. The van der Waals surface area contributed by atoms with Gasteiger partial charge in [0.15, 0.2) is 12.4 Å². The summed E-state index contributed by atoms with van der Waals surface area (Å²) in [5.74, 6) is 0.999. The van der Waals surface area contributed by atoms with E-state index in [0.29, 0.717) is 0 Å². The van der Waals surface area contributed by atoms with Crippen LogP contribution in [-0.2, 0) is 5.75 Å². The Kier molecular flexibility index (Phi) is 6.38. The Balaban J connectivity index is 1.37. The van der Waals surface area contributed by atoms with Gasteiger partial charge in [-0.25, -0.2) is 4.98 Å². The Morgan fingerprint density at radius 1 is 0.967 bits per heavy atom. The number of hydrogen-bond acceptors (Lipinski definition) is 3. The van der Waals surface area contributed by atoms with Crippen LogP contribution >= 0.6 is 11.8 Å². The third-order valence-electron chi connectivity index (χ3n) is 5.53. The number of carbonyl (C=O) groups excluding carboxylic acids is 1. The number of aromatic amines is 1. The minimum absolute atomic E-state index is 0.134. The average molecular weight is 419 g/mol. The van der Waals surface area contributed by atoms with Crippen molar-refractivity contribution in [3.63, 3.8) is 0 Å². The summed E-state index contributed by atoms with van der Waals surface area (Å²) in [7, 11) is 0. The van der Waals surface area contributed by atoms with Gasteiger partial charge in [-0.1, -0.05) is 29.8 Å². The first-order valence-corrected chi connectivity index (χ1v) is 11.4. The zero-order valence-electron chi connectivity index (χ0n) is 17.6. The van der Waals surface area contributed by atoms with Crippen LogP contribution in [0, 0.1) is 13.8 Å². The van der Waals surface area contributed by atoms with Gasteiger partial charge in [0.2, 0.25) is 0 Å². The Bertz CT molecular complexity index is 1010. The number of carbonyl (C=O) groups is 1. The largest absolute Gasteiger partial charge is 0.368 e. The molecule has 0 aliphatic carbocycles. The van der Waals surface area contributed by atoms with Crippen molar-refractivity contribution in [1.82, 2.24) is 4.90 Å². The maximum absolute atomic E-state index is 13.1. The summed E-state index contributed by atoms with van der Waals surface area (Å²) in [5, 5.41) is 0. The Labute approximate surface area is 182 Å². The second kappa shape index (κ2) is 9.35. The fraction of sp³-hybridized carbons (Fsp3) is 0.280. The van der Waals surface area contributed by atoms with E-state index >= 15 is 0 Å². The number of nitrogens with zero attached hydrogens (tertiary/aromatic N) is 2. The van der Waals surface area contributed by atoms with Crippen molar-refractivity contribution in [2.45, 2.75) is 24.5 Å². The van der Waals surface area contributed by atoms with Gasteiger partial charge in [0.05, 0.1) is 0 Å². The molecular formula is C25H28N3OS+. The number of pyridine rings is 1. The first kappa shape index (κ1) is 20.5. The number of aryl methyl sites for hydroxylation is 2. The smallest absolute Gasteiger partial charge is 0.253 e. The number of hydrogen-bond donors (Lipinski definition) is 0. The first-order chi connectivity index (χ1) is 14.6. The standard InChI is InChI=1S/C25H27N3OS/c1-19-6-7-24(20(2)16-19)30-18-21-4-3-5-22(17-21)25(29)28-14-12-27(13-15-28)23-8-10-26-11-9-23/h3-11,16-17H,12-15,18H2,1-2H3/p+1. The minimum atomic E-state index is 0.134. The predicted octanol–water partition coefficient (Wildman–Crippen LogP) is 4.37. The molecule has 30 heavy (non-hydrogen) atoms. The number of rotatable bonds is 5. The highest BCUT2D eigenvalue weighted by Crippen LogP contribution is 2.27. The van der Waals surface area contributed by atoms with E-state index in [9.17, 15) is 4.79 Å². The molecule has 1 aromatic heterocycles. The van der Waals surface area contributed by atoms with E-state index in [1.807, 2.05) is 41.2 Å². The molecule has 0 saturated carbocycles. The number of nitrogens with one attached hydrogen (secondary N) is 1. The average Bonchev–Trinajstić information content (AvgIpc) is 2.79. The van der Waals surface area contributed by atoms with E-state index < -0.39 is 0 Å². The van der Waals surface area contributed by atoms with Crippen molar-refractivity contribution < 1.29 is 9.78 Å². The Hall–Kier alpha value is -2.79. The summed E-state index contributed by atoms with van der Waals surface area (Å²) in [5.41, 5.74) is 5.77. The third-order valence-corrected chi connectivity index (χ3v) is 6.78. The minimum Gasteiger partial charge on any atom is -0.368 e. The van der Waals surface area contributed by atoms with Crippen LogP contribution in [0.15, 0.2) is 71.9 Å². The van der Waals surface area contributed by atoms with Gasteiger partial charge in [-0.3, -0.25) is 4.79 Å². The molecule has 1 aliphatic heterocycles. The van der Waals surface area contributed by atoms with E-state index in [1.165, 1.54) is 27.3 Å². The molecule has 4 rings (SSSR count). The van der Waals surface area contributed by atoms with Crippen molar-refractivity contribution in [3.05, 3.63) is 89.2 Å². The lowest BCUT2D eigenvalue weighted by atomic mass is 10.1. The van der Waals surface area contributed by atoms with Crippen LogP contribution in [0.4, 0.5) is 5.69 Å². The van der Waals surface area contributed by atoms with Crippen molar-refractivity contribution in [2.75, 3.05) is 31.1 Å². The molecule has 1 N–H and O–H groups in total. The number of piperazine rings is 1. The quantitative estimate of drug-likeness (QED) is 0.578. The second-order valence-corrected chi connectivity index (χ2v) is 8.81. The molecule has 0 bridgehead atoms. The zero-order chi connectivity index (χ0) is 20.9. The molecule has 1 amide bonds. The number of H-pyrrole nitrogens is 1. The fourth-order valence-corrected chi connectivity index (χ4v) is 4.81. The van der Waals surface area contributed by atoms with Crippen molar-refractivity contribution in [1.29, 1.82) is 0 Å². The molecule has 154 valence electrons. The predicted molar refractivity (Wildman–Crippen MR) is 123 cm³/mol. The molecule has 2 heterocycles. The molecule has 5 heteroatoms. The summed E-state index contributed by atoms with van der Waals surface area (Å²) in [6.45, 7) is 7.49. The summed E-state index contributed by atoms with van der Waals surface area (Å²) in [6.07, 6.45) is 3.88. The van der Waals surface area contributed by atoms with Gasteiger partial charge in [-0.05, 0) is 43.2 Å². The summed E-state index contributed by atoms with van der Waals surface area (Å²) in [6, 6.07) is 18.8. The number of benzene rings is 2. The van der Waals surface area contributed by atoms with E-state index in [-0.39, 0.29) is 5.91 Å². The van der Waals surface area contributed by atoms with Crippen LogP contribution in [0.5, 0.6) is 0 Å². The molecule has 1 fully saturated rings. The summed E-state index contributed by atoms with van der Waals surface area (Å²) < 4.78 is 0. The number of thioether (sulfide) groups is 1. The lowest BCUT2D eigenvalue weighted by Gasteiger charge is -2.35. The normalized spacial score (nSPS) is 14.1. The van der Waals surface area contributed by atoms with E-state index in [1.54, 1.807) is 0 Å². The first-order valence-electron chi connectivity index (χ1n) is 10.4.